The topological polar surface area (TPSA) is 70.2 Å². The van der Waals surface area contributed by atoms with Crippen molar-refractivity contribution in [3.8, 4) is 0 Å². The van der Waals surface area contributed by atoms with Crippen molar-refractivity contribution in [2.24, 2.45) is 5.92 Å². The van der Waals surface area contributed by atoms with Gasteiger partial charge in [0.2, 0.25) is 5.91 Å². The molecule has 3 heterocycles. The number of aromatic nitrogens is 2. The van der Waals surface area contributed by atoms with Crippen molar-refractivity contribution in [2.75, 3.05) is 26.2 Å². The molecule has 22 heavy (non-hydrogen) atoms. The van der Waals surface area contributed by atoms with Crippen LogP contribution in [0.2, 0.25) is 0 Å². The zero-order chi connectivity index (χ0) is 15.4. The lowest BCUT2D eigenvalue weighted by molar-refractivity contribution is -0.123. The van der Waals surface area contributed by atoms with Crippen LogP contribution in [-0.2, 0) is 11.3 Å². The first kappa shape index (κ1) is 15.4. The molecular weight excluding hydrogens is 278 g/mol. The second kappa shape index (κ2) is 7.15. The number of carbonyl (C=O) groups is 1. The van der Waals surface area contributed by atoms with Gasteiger partial charge in [0, 0.05) is 24.8 Å². The fourth-order valence-corrected chi connectivity index (χ4v) is 3.39. The third-order valence-electron chi connectivity index (χ3n) is 4.88. The van der Waals surface area contributed by atoms with Crippen molar-refractivity contribution in [3.63, 3.8) is 0 Å². The number of hydrogen-bond acceptors (Lipinski definition) is 5. The van der Waals surface area contributed by atoms with Gasteiger partial charge in [-0.15, -0.1) is 0 Å². The van der Waals surface area contributed by atoms with E-state index in [9.17, 15) is 4.79 Å². The Kier molecular flexibility index (Phi) is 5.00. The third-order valence-corrected chi connectivity index (χ3v) is 4.88. The molecule has 2 N–H and O–H groups in total. The predicted octanol–water partition coefficient (Wildman–Crippen LogP) is 0.859. The van der Waals surface area contributed by atoms with Crippen LogP contribution in [0.1, 0.15) is 43.5 Å². The van der Waals surface area contributed by atoms with Crippen LogP contribution in [0, 0.1) is 5.92 Å². The van der Waals surface area contributed by atoms with Gasteiger partial charge in [-0.2, -0.15) is 0 Å². The quantitative estimate of drug-likeness (QED) is 0.844. The molecule has 1 saturated heterocycles. The summed E-state index contributed by atoms with van der Waals surface area (Å²) in [5.74, 6) is 0.787. The highest BCUT2D eigenvalue weighted by atomic mass is 16.2. The maximum absolute atomic E-state index is 12.3. The number of hydrogen-bond donors (Lipinski definition) is 2. The summed E-state index contributed by atoms with van der Waals surface area (Å²) < 4.78 is 0. The lowest BCUT2D eigenvalue weighted by Crippen LogP contribution is -2.37. The number of likely N-dealkylation sites (tertiary alicyclic amines) is 1. The number of carbonyl (C=O) groups excluding carboxylic acids is 1. The number of rotatable bonds is 5. The molecule has 1 aromatic heterocycles. The van der Waals surface area contributed by atoms with Gasteiger partial charge in [-0.25, -0.2) is 9.97 Å². The minimum atomic E-state index is -0.293. The standard InChI is InChI=1S/C16H25N5O/c1-2-21-7-4-12(5-8-21)3-6-18-16(22)15-13-9-17-11-20-14(13)10-19-15/h9,11-12,15,19H,2-8,10H2,1H3,(H,18,22). The zero-order valence-corrected chi connectivity index (χ0v) is 13.2. The fourth-order valence-electron chi connectivity index (χ4n) is 3.39. The van der Waals surface area contributed by atoms with Crippen LogP contribution in [0.4, 0.5) is 0 Å². The largest absolute Gasteiger partial charge is 0.354 e. The molecule has 1 aromatic rings. The normalized spacial score (nSPS) is 22.5. The fraction of sp³-hybridized carbons (Fsp3) is 0.688. The number of amides is 1. The Morgan fingerprint density at radius 1 is 1.45 bits per heavy atom. The van der Waals surface area contributed by atoms with Crippen molar-refractivity contribution < 1.29 is 4.79 Å². The van der Waals surface area contributed by atoms with Crippen LogP contribution in [-0.4, -0.2) is 47.0 Å². The molecule has 2 aliphatic rings. The molecular formula is C16H25N5O. The van der Waals surface area contributed by atoms with E-state index in [4.69, 9.17) is 0 Å². The zero-order valence-electron chi connectivity index (χ0n) is 13.2. The molecule has 1 atom stereocenters. The smallest absolute Gasteiger partial charge is 0.241 e. The van der Waals surface area contributed by atoms with Gasteiger partial charge in [0.15, 0.2) is 0 Å². The maximum atomic E-state index is 12.3. The van der Waals surface area contributed by atoms with E-state index in [2.05, 4.69) is 32.4 Å². The van der Waals surface area contributed by atoms with Gasteiger partial charge in [0.25, 0.3) is 0 Å². The summed E-state index contributed by atoms with van der Waals surface area (Å²) in [5, 5.41) is 6.27. The van der Waals surface area contributed by atoms with Crippen LogP contribution in [0.3, 0.4) is 0 Å². The molecule has 0 bridgehead atoms. The second-order valence-electron chi connectivity index (χ2n) is 6.20. The summed E-state index contributed by atoms with van der Waals surface area (Å²) in [6, 6.07) is -0.293. The van der Waals surface area contributed by atoms with E-state index in [-0.39, 0.29) is 11.9 Å². The highest BCUT2D eigenvalue weighted by Crippen LogP contribution is 2.23. The summed E-state index contributed by atoms with van der Waals surface area (Å²) in [4.78, 5) is 23.0. The Morgan fingerprint density at radius 2 is 2.27 bits per heavy atom. The van der Waals surface area contributed by atoms with Gasteiger partial charge in [-0.05, 0) is 44.8 Å². The first-order chi connectivity index (χ1) is 10.8. The summed E-state index contributed by atoms with van der Waals surface area (Å²) in [6.45, 7) is 7.17. The lowest BCUT2D eigenvalue weighted by atomic mass is 9.93. The SMILES string of the molecule is CCN1CCC(CCNC(=O)C2NCc3ncncc32)CC1. The number of nitrogens with zero attached hydrogens (tertiary/aromatic N) is 3. The van der Waals surface area contributed by atoms with E-state index >= 15 is 0 Å². The van der Waals surface area contributed by atoms with Crippen molar-refractivity contribution in [2.45, 2.75) is 38.8 Å². The molecule has 6 nitrogen and oxygen atoms in total. The molecule has 1 amide bonds. The Labute approximate surface area is 131 Å². The summed E-state index contributed by atoms with van der Waals surface area (Å²) in [6.07, 6.45) is 6.86. The van der Waals surface area contributed by atoms with E-state index in [1.54, 1.807) is 6.20 Å². The number of nitrogens with one attached hydrogen (secondary N) is 2. The Balaban J connectivity index is 1.42. The summed E-state index contributed by atoms with van der Waals surface area (Å²) in [5.41, 5.74) is 1.85. The number of fused-ring (bicyclic) bond motifs is 1. The van der Waals surface area contributed by atoms with Gasteiger partial charge < -0.3 is 10.2 Å². The molecule has 0 aromatic carbocycles. The Morgan fingerprint density at radius 3 is 3.05 bits per heavy atom. The van der Waals surface area contributed by atoms with Gasteiger partial charge >= 0.3 is 0 Å². The molecule has 0 saturated carbocycles. The monoisotopic (exact) mass is 303 g/mol. The van der Waals surface area contributed by atoms with E-state index in [0.29, 0.717) is 6.54 Å². The van der Waals surface area contributed by atoms with Crippen molar-refractivity contribution in [1.29, 1.82) is 0 Å². The molecule has 120 valence electrons. The number of piperidine rings is 1. The van der Waals surface area contributed by atoms with Crippen molar-refractivity contribution >= 4 is 5.91 Å². The van der Waals surface area contributed by atoms with Crippen molar-refractivity contribution in [1.82, 2.24) is 25.5 Å². The molecule has 2 aliphatic heterocycles. The average Bonchev–Trinajstić information content (AvgIpc) is 2.99. The Hall–Kier alpha value is -1.53. The van der Waals surface area contributed by atoms with E-state index < -0.39 is 0 Å². The lowest BCUT2D eigenvalue weighted by Gasteiger charge is -2.31. The van der Waals surface area contributed by atoms with Gasteiger partial charge in [0.1, 0.15) is 12.4 Å². The summed E-state index contributed by atoms with van der Waals surface area (Å²) >= 11 is 0. The minimum Gasteiger partial charge on any atom is -0.354 e. The molecule has 3 rings (SSSR count). The van der Waals surface area contributed by atoms with Crippen LogP contribution < -0.4 is 10.6 Å². The van der Waals surface area contributed by atoms with Gasteiger partial charge in [-0.3, -0.25) is 10.1 Å². The van der Waals surface area contributed by atoms with Crippen LogP contribution in [0.15, 0.2) is 12.5 Å². The average molecular weight is 303 g/mol. The first-order valence-electron chi connectivity index (χ1n) is 8.30. The Bertz CT molecular complexity index is 513. The van der Waals surface area contributed by atoms with E-state index in [1.165, 1.54) is 32.3 Å². The minimum absolute atomic E-state index is 0.0412. The second-order valence-corrected chi connectivity index (χ2v) is 6.20. The highest BCUT2D eigenvalue weighted by molar-refractivity contribution is 5.84. The summed E-state index contributed by atoms with van der Waals surface area (Å²) in [7, 11) is 0. The highest BCUT2D eigenvalue weighted by Gasteiger charge is 2.29. The van der Waals surface area contributed by atoms with E-state index in [0.717, 1.165) is 36.7 Å². The first-order valence-corrected chi connectivity index (χ1v) is 8.30. The van der Waals surface area contributed by atoms with Crippen LogP contribution in [0.5, 0.6) is 0 Å². The van der Waals surface area contributed by atoms with E-state index in [1.807, 2.05) is 0 Å². The van der Waals surface area contributed by atoms with Crippen LogP contribution >= 0.6 is 0 Å². The molecule has 0 aliphatic carbocycles. The van der Waals surface area contributed by atoms with Crippen molar-refractivity contribution in [3.05, 3.63) is 23.8 Å². The van der Waals surface area contributed by atoms with Crippen LogP contribution in [0.25, 0.3) is 0 Å². The third kappa shape index (κ3) is 3.44. The molecule has 0 radical (unpaired) electrons. The molecule has 1 unspecified atom stereocenters. The predicted molar refractivity (Wildman–Crippen MR) is 84.1 cm³/mol. The maximum Gasteiger partial charge on any atom is 0.241 e. The van der Waals surface area contributed by atoms with Gasteiger partial charge in [0.05, 0.1) is 5.69 Å². The molecule has 1 fully saturated rings. The molecule has 0 spiro atoms. The van der Waals surface area contributed by atoms with Gasteiger partial charge in [-0.1, -0.05) is 6.92 Å². The molecule has 6 heteroatoms.